The maximum absolute atomic E-state index is 14.9. The van der Waals surface area contributed by atoms with Gasteiger partial charge in [0.25, 0.3) is 11.2 Å². The van der Waals surface area contributed by atoms with E-state index in [1.807, 2.05) is 49.3 Å². The monoisotopic (exact) mass is 614 g/mol. The van der Waals surface area contributed by atoms with Crippen LogP contribution in [0.2, 0.25) is 0 Å². The van der Waals surface area contributed by atoms with Gasteiger partial charge in [-0.2, -0.15) is 8.78 Å². The van der Waals surface area contributed by atoms with Crippen LogP contribution in [-0.4, -0.2) is 84.9 Å². The number of ether oxygens (including phenoxy) is 3. The third-order valence-electron chi connectivity index (χ3n) is 7.20. The van der Waals surface area contributed by atoms with E-state index in [4.69, 9.17) is 14.2 Å². The maximum Gasteiger partial charge on any atom is 0.335 e. The molecule has 1 aromatic heterocycles. The van der Waals surface area contributed by atoms with Crippen LogP contribution in [0, 0.1) is 12.8 Å². The number of rotatable bonds is 14. The molecule has 1 N–H and O–H groups in total. The van der Waals surface area contributed by atoms with Crippen molar-refractivity contribution >= 4 is 13.0 Å². The molecule has 3 rings (SSSR count). The summed E-state index contributed by atoms with van der Waals surface area (Å²) in [5, 5.41) is 2.72. The van der Waals surface area contributed by atoms with Crippen LogP contribution in [0.4, 0.5) is 8.78 Å². The van der Waals surface area contributed by atoms with E-state index in [1.54, 1.807) is 6.92 Å². The molecule has 1 saturated heterocycles. The highest BCUT2D eigenvalue weighted by Crippen LogP contribution is 2.57. The molecule has 0 aliphatic carbocycles. The average molecular weight is 615 g/mol. The molecule has 0 saturated carbocycles. The number of hydrogen-bond donors (Lipinski definition) is 1. The number of aromatic nitrogens is 2. The van der Waals surface area contributed by atoms with Gasteiger partial charge in [-0.1, -0.05) is 37.3 Å². The van der Waals surface area contributed by atoms with Gasteiger partial charge in [0.2, 0.25) is 5.91 Å². The molecule has 0 bridgehead atoms. The zero-order valence-electron chi connectivity index (χ0n) is 24.9. The predicted octanol–water partition coefficient (Wildman–Crippen LogP) is 2.69. The summed E-state index contributed by atoms with van der Waals surface area (Å²) in [6.45, 7) is 5.51. The van der Waals surface area contributed by atoms with Gasteiger partial charge in [0, 0.05) is 37.2 Å². The number of alkyl halides is 2. The Hall–Kier alpha value is -2.70. The molecular weight excluding hydrogens is 573 g/mol. The van der Waals surface area contributed by atoms with Crippen LogP contribution in [0.1, 0.15) is 30.7 Å². The fourth-order valence-corrected chi connectivity index (χ4v) is 5.15. The summed E-state index contributed by atoms with van der Waals surface area (Å²) in [7, 11) is -0.115. The molecule has 1 aliphatic heterocycles. The van der Waals surface area contributed by atoms with E-state index in [9.17, 15) is 27.7 Å². The van der Waals surface area contributed by atoms with Crippen LogP contribution in [0.3, 0.4) is 0 Å². The number of carbonyl (C=O) groups is 1. The third kappa shape index (κ3) is 8.44. The summed E-state index contributed by atoms with van der Waals surface area (Å²) in [6, 6.07) is 9.20. The number of aryl methyl sites for hydroxylation is 1. The van der Waals surface area contributed by atoms with Crippen molar-refractivity contribution < 1.29 is 32.4 Å². The first-order chi connectivity index (χ1) is 19.6. The molecule has 11 nitrogen and oxygen atoms in total. The lowest BCUT2D eigenvalue weighted by Gasteiger charge is -2.26. The molecule has 42 heavy (non-hydrogen) atoms. The van der Waals surface area contributed by atoms with Crippen molar-refractivity contribution in [2.75, 3.05) is 47.1 Å². The molecule has 1 fully saturated rings. The molecule has 14 heteroatoms. The molecule has 0 spiro atoms. The van der Waals surface area contributed by atoms with Crippen molar-refractivity contribution in [1.29, 1.82) is 0 Å². The van der Waals surface area contributed by atoms with Crippen LogP contribution < -0.4 is 16.6 Å². The number of likely N-dealkylation sites (N-methyl/N-ethyl adjacent to an activating group) is 1. The molecule has 234 valence electrons. The van der Waals surface area contributed by atoms with Crippen LogP contribution in [0.25, 0.3) is 0 Å². The topological polar surface area (TPSA) is 121 Å². The zero-order chi connectivity index (χ0) is 31.2. The fourth-order valence-electron chi connectivity index (χ4n) is 4.53. The summed E-state index contributed by atoms with van der Waals surface area (Å²) in [4.78, 5) is 40.8. The van der Waals surface area contributed by atoms with Crippen LogP contribution in [0.15, 0.2) is 46.1 Å². The van der Waals surface area contributed by atoms with Gasteiger partial charge in [-0.15, -0.1) is 0 Å². The van der Waals surface area contributed by atoms with Gasteiger partial charge in [-0.25, -0.2) is 9.36 Å². The third-order valence-corrected chi connectivity index (χ3v) is 8.95. The van der Waals surface area contributed by atoms with Gasteiger partial charge in [-0.05, 0) is 39.9 Å². The van der Waals surface area contributed by atoms with E-state index in [0.717, 1.165) is 28.0 Å². The Morgan fingerprint density at radius 3 is 2.48 bits per heavy atom. The molecule has 4 atom stereocenters. The predicted molar refractivity (Wildman–Crippen MR) is 154 cm³/mol. The molecule has 1 aromatic carbocycles. The number of nitrogens with zero attached hydrogens (tertiary/aromatic N) is 3. The second-order valence-corrected chi connectivity index (χ2v) is 14.6. The quantitative estimate of drug-likeness (QED) is 0.323. The Labute approximate surface area is 244 Å². The molecule has 2 heterocycles. The summed E-state index contributed by atoms with van der Waals surface area (Å²) >= 11 is 0. The minimum atomic E-state index is -3.83. The van der Waals surface area contributed by atoms with Crippen LogP contribution >= 0.6 is 7.14 Å². The molecule has 2 aromatic rings. The second-order valence-electron chi connectivity index (χ2n) is 11.3. The van der Waals surface area contributed by atoms with Crippen LogP contribution in [0.5, 0.6) is 0 Å². The minimum absolute atomic E-state index is 0.150. The van der Waals surface area contributed by atoms with E-state index in [1.165, 1.54) is 13.1 Å². The second kappa shape index (κ2) is 14.2. The van der Waals surface area contributed by atoms with Crippen molar-refractivity contribution in [3.63, 3.8) is 0 Å². The number of nitrogens with one attached hydrogen (secondary N) is 1. The summed E-state index contributed by atoms with van der Waals surface area (Å²) in [5.41, 5.74) is -3.86. The maximum atomic E-state index is 14.9. The smallest absolute Gasteiger partial charge is 0.335 e. The van der Waals surface area contributed by atoms with Crippen molar-refractivity contribution in [3.8, 4) is 0 Å². The Morgan fingerprint density at radius 2 is 1.86 bits per heavy atom. The van der Waals surface area contributed by atoms with Crippen LogP contribution in [-0.2, 0) is 36.9 Å². The van der Waals surface area contributed by atoms with Crippen molar-refractivity contribution in [2.24, 2.45) is 5.92 Å². The normalized spacial score (nSPS) is 21.2. The van der Waals surface area contributed by atoms with Crippen molar-refractivity contribution in [2.45, 2.75) is 57.7 Å². The number of benzene rings is 1. The Kier molecular flexibility index (Phi) is 11.4. The van der Waals surface area contributed by atoms with E-state index < -0.39 is 67.3 Å². The van der Waals surface area contributed by atoms with E-state index in [-0.39, 0.29) is 18.9 Å². The summed E-state index contributed by atoms with van der Waals surface area (Å²) in [5.74, 6) is -1.14. The first-order valence-corrected chi connectivity index (χ1v) is 16.3. The number of halogens is 2. The highest BCUT2D eigenvalue weighted by Gasteiger charge is 2.52. The van der Waals surface area contributed by atoms with Gasteiger partial charge < -0.3 is 29.0 Å². The fraction of sp³-hybridized carbons (Fsp3) is 0.607. The molecule has 1 amide bonds. The highest BCUT2D eigenvalue weighted by molar-refractivity contribution is 7.63. The highest BCUT2D eigenvalue weighted by atomic mass is 31.2. The van der Waals surface area contributed by atoms with E-state index in [0.29, 0.717) is 13.1 Å². The van der Waals surface area contributed by atoms with Gasteiger partial charge >= 0.3 is 5.69 Å². The first-order valence-electron chi connectivity index (χ1n) is 13.7. The lowest BCUT2D eigenvalue weighted by Crippen LogP contribution is -2.45. The van der Waals surface area contributed by atoms with Crippen molar-refractivity contribution in [1.82, 2.24) is 19.4 Å². The van der Waals surface area contributed by atoms with E-state index in [2.05, 4.69) is 5.32 Å². The minimum Gasteiger partial charge on any atom is -0.363 e. The van der Waals surface area contributed by atoms with Gasteiger partial charge in [0.15, 0.2) is 6.23 Å². The molecular formula is C28H41F2N4O7P. The Morgan fingerprint density at radius 1 is 1.19 bits per heavy atom. The molecule has 0 unspecified atom stereocenters. The zero-order valence-corrected chi connectivity index (χ0v) is 25.8. The Bertz CT molecular complexity index is 1380. The van der Waals surface area contributed by atoms with Crippen molar-refractivity contribution in [3.05, 3.63) is 68.5 Å². The SMILES string of the molecule is Cc1cn([C@@H]2O[C@H](CC(F)(F)P(C)(C)=O)[C@@H](C)[C@H]2OCC(=O)NCCN(C)C)c(=O)n(COCc2ccccc2)c1=O. The van der Waals surface area contributed by atoms with Gasteiger partial charge in [0.1, 0.15) is 26.6 Å². The van der Waals surface area contributed by atoms with E-state index >= 15 is 0 Å². The van der Waals surface area contributed by atoms with Gasteiger partial charge in [-0.3, -0.25) is 14.2 Å². The summed E-state index contributed by atoms with van der Waals surface area (Å²) in [6.07, 6.45) is -2.98. The lowest BCUT2D eigenvalue weighted by molar-refractivity contribution is -0.131. The molecule has 0 radical (unpaired) electrons. The standard InChI is InChI=1S/C28H41F2N4O7P/c1-19-15-33(27(37)34(25(19)36)18-39-16-21-10-8-7-9-11-21)26-24(40-17-23(35)31-12-13-32(3)4)20(2)22(41-26)14-28(29,30)42(5,6)38/h7-11,15,20,22,24,26H,12-14,16-18H2,1-6H3,(H,31,35)/t20-,22-,24-,26-/m1/s1. The average Bonchev–Trinajstić information content (AvgIpc) is 3.20. The number of amides is 1. The summed E-state index contributed by atoms with van der Waals surface area (Å²) < 4.78 is 61.6. The number of carbonyl (C=O) groups excluding carboxylic acids is 1. The lowest BCUT2D eigenvalue weighted by atomic mass is 9.98. The van der Waals surface area contributed by atoms with Gasteiger partial charge in [0.05, 0.1) is 12.7 Å². The Balaban J connectivity index is 1.89. The largest absolute Gasteiger partial charge is 0.363 e. The molecule has 1 aliphatic rings. The first kappa shape index (κ1) is 33.8. The number of hydrogen-bond acceptors (Lipinski definition) is 8.